The molecule has 2 rings (SSSR count). The lowest BCUT2D eigenvalue weighted by molar-refractivity contribution is 0.746. The Morgan fingerprint density at radius 3 is 2.93 bits per heavy atom. The van der Waals surface area contributed by atoms with Crippen LogP contribution in [0.3, 0.4) is 0 Å². The predicted octanol–water partition coefficient (Wildman–Crippen LogP) is 2.46. The fourth-order valence-corrected chi connectivity index (χ4v) is 2.22. The molecule has 0 N–H and O–H groups in total. The van der Waals surface area contributed by atoms with Crippen molar-refractivity contribution in [3.63, 3.8) is 0 Å². The highest BCUT2D eigenvalue weighted by Crippen LogP contribution is 2.32. The van der Waals surface area contributed by atoms with Crippen LogP contribution in [0.2, 0.25) is 0 Å². The van der Waals surface area contributed by atoms with Gasteiger partial charge in [0.1, 0.15) is 12.1 Å². The standard InChI is InChI=1S/C10H14IN3/c1-2-5-14(8-3-4-8)10-9(11)6-12-7-13-10/h6-8H,2-5H2,1H3. The molecule has 76 valence electrons. The number of anilines is 1. The minimum absolute atomic E-state index is 0.735. The van der Waals surface area contributed by atoms with Crippen LogP contribution in [-0.4, -0.2) is 22.6 Å². The molecule has 1 aromatic heterocycles. The Hall–Kier alpha value is -0.390. The first-order valence-corrected chi connectivity index (χ1v) is 6.13. The van der Waals surface area contributed by atoms with Crippen molar-refractivity contribution in [2.45, 2.75) is 32.2 Å². The summed E-state index contributed by atoms with van der Waals surface area (Å²) in [7, 11) is 0. The smallest absolute Gasteiger partial charge is 0.145 e. The molecule has 1 aliphatic carbocycles. The van der Waals surface area contributed by atoms with Gasteiger partial charge in [0.2, 0.25) is 0 Å². The van der Waals surface area contributed by atoms with Crippen LogP contribution in [0, 0.1) is 3.57 Å². The maximum Gasteiger partial charge on any atom is 0.145 e. The second-order valence-electron chi connectivity index (χ2n) is 3.62. The zero-order chi connectivity index (χ0) is 9.97. The van der Waals surface area contributed by atoms with Crippen molar-refractivity contribution in [3.8, 4) is 0 Å². The van der Waals surface area contributed by atoms with Crippen molar-refractivity contribution in [3.05, 3.63) is 16.1 Å². The van der Waals surface area contributed by atoms with Gasteiger partial charge in [-0.15, -0.1) is 0 Å². The van der Waals surface area contributed by atoms with E-state index in [1.807, 2.05) is 6.20 Å². The Balaban J connectivity index is 2.21. The molecule has 0 aromatic carbocycles. The van der Waals surface area contributed by atoms with Gasteiger partial charge in [-0.05, 0) is 41.9 Å². The molecule has 0 atom stereocenters. The summed E-state index contributed by atoms with van der Waals surface area (Å²) >= 11 is 2.31. The zero-order valence-electron chi connectivity index (χ0n) is 8.28. The SMILES string of the molecule is CCCN(c1ncncc1I)C1CC1. The van der Waals surface area contributed by atoms with E-state index in [4.69, 9.17) is 0 Å². The van der Waals surface area contributed by atoms with Crippen molar-refractivity contribution < 1.29 is 0 Å². The zero-order valence-corrected chi connectivity index (χ0v) is 10.4. The van der Waals surface area contributed by atoms with E-state index in [0.717, 1.165) is 22.0 Å². The topological polar surface area (TPSA) is 29.0 Å². The molecule has 0 amide bonds. The van der Waals surface area contributed by atoms with Gasteiger partial charge in [-0.2, -0.15) is 0 Å². The fourth-order valence-electron chi connectivity index (χ4n) is 1.61. The highest BCUT2D eigenvalue weighted by atomic mass is 127. The lowest BCUT2D eigenvalue weighted by Gasteiger charge is -2.23. The van der Waals surface area contributed by atoms with Crippen LogP contribution >= 0.6 is 22.6 Å². The molecule has 0 bridgehead atoms. The Kier molecular flexibility index (Phi) is 3.20. The highest BCUT2D eigenvalue weighted by Gasteiger charge is 2.30. The maximum absolute atomic E-state index is 4.37. The van der Waals surface area contributed by atoms with E-state index in [2.05, 4.69) is 44.4 Å². The van der Waals surface area contributed by atoms with Crippen LogP contribution in [-0.2, 0) is 0 Å². The predicted molar refractivity (Wildman–Crippen MR) is 65.4 cm³/mol. The van der Waals surface area contributed by atoms with Crippen molar-refractivity contribution in [1.29, 1.82) is 0 Å². The Bertz CT molecular complexity index is 312. The first-order valence-electron chi connectivity index (χ1n) is 5.05. The van der Waals surface area contributed by atoms with E-state index in [1.165, 1.54) is 19.3 Å². The summed E-state index contributed by atoms with van der Waals surface area (Å²) in [4.78, 5) is 10.8. The molecule has 0 unspecified atom stereocenters. The molecule has 3 nitrogen and oxygen atoms in total. The molecule has 1 saturated carbocycles. The molecular formula is C10H14IN3. The quantitative estimate of drug-likeness (QED) is 0.800. The molecule has 4 heteroatoms. The Labute approximate surface area is 98.1 Å². The Morgan fingerprint density at radius 1 is 1.57 bits per heavy atom. The third kappa shape index (κ3) is 2.16. The third-order valence-electron chi connectivity index (χ3n) is 2.37. The third-order valence-corrected chi connectivity index (χ3v) is 3.13. The molecule has 14 heavy (non-hydrogen) atoms. The molecule has 1 heterocycles. The summed E-state index contributed by atoms with van der Waals surface area (Å²) in [6.45, 7) is 3.32. The second kappa shape index (κ2) is 4.42. The number of hydrogen-bond acceptors (Lipinski definition) is 3. The molecule has 1 fully saturated rings. The first-order chi connectivity index (χ1) is 6.83. The molecule has 1 aliphatic rings. The van der Waals surface area contributed by atoms with Gasteiger partial charge in [-0.25, -0.2) is 9.97 Å². The number of rotatable bonds is 4. The lowest BCUT2D eigenvalue weighted by Crippen LogP contribution is -2.28. The van der Waals surface area contributed by atoms with Gasteiger partial charge >= 0.3 is 0 Å². The minimum Gasteiger partial charge on any atom is -0.353 e. The van der Waals surface area contributed by atoms with Gasteiger partial charge in [-0.1, -0.05) is 6.92 Å². The summed E-state index contributed by atoms with van der Waals surface area (Å²) in [5.41, 5.74) is 0. The van der Waals surface area contributed by atoms with Crippen LogP contribution < -0.4 is 4.90 Å². The van der Waals surface area contributed by atoms with E-state index < -0.39 is 0 Å². The Morgan fingerprint density at radius 2 is 2.36 bits per heavy atom. The average Bonchev–Trinajstić information content (AvgIpc) is 2.99. The number of hydrogen-bond donors (Lipinski definition) is 0. The van der Waals surface area contributed by atoms with Gasteiger partial charge in [0.25, 0.3) is 0 Å². The van der Waals surface area contributed by atoms with Gasteiger partial charge in [0.05, 0.1) is 3.57 Å². The van der Waals surface area contributed by atoms with Crippen LogP contribution in [0.1, 0.15) is 26.2 Å². The number of halogens is 1. The van der Waals surface area contributed by atoms with Crippen LogP contribution in [0.15, 0.2) is 12.5 Å². The largest absolute Gasteiger partial charge is 0.353 e. The summed E-state index contributed by atoms with van der Waals surface area (Å²) in [6.07, 6.45) is 7.34. The average molecular weight is 303 g/mol. The summed E-state index contributed by atoms with van der Waals surface area (Å²) < 4.78 is 1.16. The maximum atomic E-state index is 4.37. The monoisotopic (exact) mass is 303 g/mol. The second-order valence-corrected chi connectivity index (χ2v) is 4.78. The van der Waals surface area contributed by atoms with Gasteiger partial charge in [-0.3, -0.25) is 0 Å². The fraction of sp³-hybridized carbons (Fsp3) is 0.600. The first kappa shape index (κ1) is 10.1. The van der Waals surface area contributed by atoms with Crippen molar-refractivity contribution in [2.24, 2.45) is 0 Å². The van der Waals surface area contributed by atoms with Gasteiger partial charge in [0, 0.05) is 18.8 Å². The number of nitrogens with zero attached hydrogens (tertiary/aromatic N) is 3. The molecule has 0 radical (unpaired) electrons. The summed E-state index contributed by atoms with van der Waals surface area (Å²) in [5.74, 6) is 1.12. The van der Waals surface area contributed by atoms with Crippen molar-refractivity contribution in [2.75, 3.05) is 11.4 Å². The van der Waals surface area contributed by atoms with Crippen molar-refractivity contribution in [1.82, 2.24) is 9.97 Å². The van der Waals surface area contributed by atoms with Crippen molar-refractivity contribution >= 4 is 28.4 Å². The van der Waals surface area contributed by atoms with E-state index >= 15 is 0 Å². The molecular weight excluding hydrogens is 289 g/mol. The normalized spacial score (nSPS) is 15.6. The lowest BCUT2D eigenvalue weighted by atomic mass is 10.4. The number of aromatic nitrogens is 2. The summed E-state index contributed by atoms with van der Waals surface area (Å²) in [5, 5.41) is 0. The molecule has 0 saturated heterocycles. The minimum atomic E-state index is 0.735. The highest BCUT2D eigenvalue weighted by molar-refractivity contribution is 14.1. The van der Waals surface area contributed by atoms with Gasteiger partial charge in [0.15, 0.2) is 0 Å². The van der Waals surface area contributed by atoms with E-state index in [9.17, 15) is 0 Å². The van der Waals surface area contributed by atoms with Gasteiger partial charge < -0.3 is 4.90 Å². The molecule has 0 spiro atoms. The van der Waals surface area contributed by atoms with Crippen LogP contribution in [0.25, 0.3) is 0 Å². The molecule has 0 aliphatic heterocycles. The van der Waals surface area contributed by atoms with Crippen LogP contribution in [0.4, 0.5) is 5.82 Å². The molecule has 1 aromatic rings. The van der Waals surface area contributed by atoms with E-state index in [-0.39, 0.29) is 0 Å². The van der Waals surface area contributed by atoms with Crippen LogP contribution in [0.5, 0.6) is 0 Å². The summed E-state index contributed by atoms with van der Waals surface area (Å²) in [6, 6.07) is 0.735. The van der Waals surface area contributed by atoms with E-state index in [1.54, 1.807) is 6.33 Å². The van der Waals surface area contributed by atoms with E-state index in [0.29, 0.717) is 0 Å².